The Bertz CT molecular complexity index is 1140. The summed E-state index contributed by atoms with van der Waals surface area (Å²) < 4.78 is 5.60. The Morgan fingerprint density at radius 2 is 1.06 bits per heavy atom. The molecule has 0 saturated heterocycles. The van der Waals surface area contributed by atoms with Crippen LogP contribution in [0.25, 0.3) is 0 Å². The average molecular weight is 428 g/mol. The van der Waals surface area contributed by atoms with E-state index in [4.69, 9.17) is 16.3 Å². The number of nitrogens with zero attached hydrogens (tertiary/aromatic N) is 1. The topological polar surface area (TPSA) is 46.6 Å². The molecule has 0 radical (unpaired) electrons. The van der Waals surface area contributed by atoms with Gasteiger partial charge in [-0.15, -0.1) is 0 Å². The molecule has 0 N–H and O–H groups in total. The minimum Gasteiger partial charge on any atom is -0.410 e. The molecule has 1 amide bonds. The van der Waals surface area contributed by atoms with Gasteiger partial charge in [-0.05, 0) is 72.8 Å². The van der Waals surface area contributed by atoms with E-state index in [-0.39, 0.29) is 5.78 Å². The highest BCUT2D eigenvalue weighted by Gasteiger charge is 2.20. The van der Waals surface area contributed by atoms with Crippen molar-refractivity contribution in [2.75, 3.05) is 4.90 Å². The van der Waals surface area contributed by atoms with Crippen molar-refractivity contribution in [1.29, 1.82) is 0 Å². The number of ether oxygens (including phenoxy) is 1. The number of benzene rings is 4. The first-order valence-corrected chi connectivity index (χ1v) is 10.0. The van der Waals surface area contributed by atoms with Crippen LogP contribution < -0.4 is 9.64 Å². The molecule has 0 fully saturated rings. The van der Waals surface area contributed by atoms with Crippen molar-refractivity contribution in [1.82, 2.24) is 0 Å². The van der Waals surface area contributed by atoms with Gasteiger partial charge in [0.15, 0.2) is 5.78 Å². The maximum absolute atomic E-state index is 13.0. The number of rotatable bonds is 5. The second kappa shape index (κ2) is 9.28. The van der Waals surface area contributed by atoms with Gasteiger partial charge in [0, 0.05) is 16.1 Å². The van der Waals surface area contributed by atoms with Crippen molar-refractivity contribution < 1.29 is 14.3 Å². The van der Waals surface area contributed by atoms with Gasteiger partial charge in [0.2, 0.25) is 0 Å². The van der Waals surface area contributed by atoms with Gasteiger partial charge >= 0.3 is 6.09 Å². The van der Waals surface area contributed by atoms with Crippen molar-refractivity contribution in [2.24, 2.45) is 0 Å². The van der Waals surface area contributed by atoms with E-state index in [0.29, 0.717) is 33.3 Å². The molecule has 4 nitrogen and oxygen atoms in total. The largest absolute Gasteiger partial charge is 0.424 e. The number of hydrogen-bond donors (Lipinski definition) is 0. The molecule has 5 heteroatoms. The molecule has 0 aliphatic carbocycles. The number of para-hydroxylation sites is 2. The maximum atomic E-state index is 13.0. The van der Waals surface area contributed by atoms with Crippen LogP contribution in [0.3, 0.4) is 0 Å². The van der Waals surface area contributed by atoms with Gasteiger partial charge in [0.05, 0.1) is 11.4 Å². The molecule has 152 valence electrons. The van der Waals surface area contributed by atoms with E-state index in [2.05, 4.69) is 0 Å². The zero-order valence-electron chi connectivity index (χ0n) is 16.4. The van der Waals surface area contributed by atoms with E-state index in [1.54, 1.807) is 48.5 Å². The van der Waals surface area contributed by atoms with Gasteiger partial charge in [0.1, 0.15) is 5.75 Å². The summed E-state index contributed by atoms with van der Waals surface area (Å²) in [5, 5.41) is 0.570. The van der Waals surface area contributed by atoms with Crippen LogP contribution in [0.2, 0.25) is 5.02 Å². The predicted octanol–water partition coefficient (Wildman–Crippen LogP) is 6.91. The Morgan fingerprint density at radius 3 is 1.55 bits per heavy atom. The number of hydrogen-bond acceptors (Lipinski definition) is 3. The second-order valence-corrected chi connectivity index (χ2v) is 7.17. The Hall–Kier alpha value is -3.89. The third kappa shape index (κ3) is 4.82. The molecule has 4 rings (SSSR count). The molecule has 4 aromatic rings. The van der Waals surface area contributed by atoms with Crippen LogP contribution in [0.1, 0.15) is 15.9 Å². The van der Waals surface area contributed by atoms with Crippen LogP contribution in [-0.4, -0.2) is 11.9 Å². The lowest BCUT2D eigenvalue weighted by atomic mass is 10.0. The quantitative estimate of drug-likeness (QED) is 0.325. The highest BCUT2D eigenvalue weighted by atomic mass is 35.5. The molecule has 0 unspecified atom stereocenters. The molecule has 0 aliphatic heterocycles. The molecular weight excluding hydrogens is 410 g/mol. The van der Waals surface area contributed by atoms with E-state index in [9.17, 15) is 9.59 Å². The number of amides is 1. The summed E-state index contributed by atoms with van der Waals surface area (Å²) in [7, 11) is 0. The van der Waals surface area contributed by atoms with Crippen molar-refractivity contribution in [3.8, 4) is 5.75 Å². The van der Waals surface area contributed by atoms with Gasteiger partial charge in [-0.25, -0.2) is 9.69 Å². The molecule has 0 atom stereocenters. The van der Waals surface area contributed by atoms with Gasteiger partial charge in [0.25, 0.3) is 0 Å². The maximum Gasteiger partial charge on any atom is 0.424 e. The van der Waals surface area contributed by atoms with Gasteiger partial charge < -0.3 is 4.74 Å². The highest BCUT2D eigenvalue weighted by Crippen LogP contribution is 2.27. The molecule has 0 bridgehead atoms. The van der Waals surface area contributed by atoms with Gasteiger partial charge in [-0.3, -0.25) is 4.79 Å². The molecule has 0 spiro atoms. The number of carbonyl (C=O) groups is 2. The Balaban J connectivity index is 1.54. The van der Waals surface area contributed by atoms with Crippen LogP contribution >= 0.6 is 11.6 Å². The normalized spacial score (nSPS) is 10.4. The number of carbonyl (C=O) groups excluding carboxylic acids is 2. The number of halogens is 1. The minimum atomic E-state index is -0.547. The first-order chi connectivity index (χ1) is 15.1. The Kier molecular flexibility index (Phi) is 6.11. The average Bonchev–Trinajstić information content (AvgIpc) is 2.81. The van der Waals surface area contributed by atoms with Crippen LogP contribution in [-0.2, 0) is 0 Å². The Morgan fingerprint density at radius 1 is 0.613 bits per heavy atom. The summed E-state index contributed by atoms with van der Waals surface area (Å²) >= 11 is 5.88. The lowest BCUT2D eigenvalue weighted by Gasteiger charge is -2.22. The summed E-state index contributed by atoms with van der Waals surface area (Å²) in [6.07, 6.45) is -0.547. The zero-order chi connectivity index (χ0) is 21.6. The summed E-state index contributed by atoms with van der Waals surface area (Å²) in [5.41, 5.74) is 2.40. The zero-order valence-corrected chi connectivity index (χ0v) is 17.2. The van der Waals surface area contributed by atoms with Gasteiger partial charge in [-0.2, -0.15) is 0 Å². The fourth-order valence-corrected chi connectivity index (χ4v) is 3.23. The first-order valence-electron chi connectivity index (χ1n) is 9.64. The Labute approximate surface area is 185 Å². The van der Waals surface area contributed by atoms with Crippen LogP contribution in [0.15, 0.2) is 109 Å². The smallest absolute Gasteiger partial charge is 0.410 e. The van der Waals surface area contributed by atoms with Crippen LogP contribution in [0.5, 0.6) is 5.75 Å². The molecule has 4 aromatic carbocycles. The summed E-state index contributed by atoms with van der Waals surface area (Å²) in [4.78, 5) is 27.1. The molecule has 0 saturated carbocycles. The van der Waals surface area contributed by atoms with Crippen LogP contribution in [0, 0.1) is 0 Å². The molecular formula is C26H18ClNO3. The van der Waals surface area contributed by atoms with Crippen molar-refractivity contribution in [3.05, 3.63) is 125 Å². The molecule has 0 heterocycles. The fraction of sp³-hybridized carbons (Fsp3) is 0. The van der Waals surface area contributed by atoms with Crippen molar-refractivity contribution >= 4 is 34.9 Å². The standard InChI is InChI=1S/C26H18ClNO3/c27-21-15-11-19(12-16-21)25(29)20-13-17-24(18-14-20)31-26(30)28(22-7-3-1-4-8-22)23-9-5-2-6-10-23/h1-18H. The van der Waals surface area contributed by atoms with Crippen LogP contribution in [0.4, 0.5) is 16.2 Å². The number of anilines is 2. The third-order valence-electron chi connectivity index (χ3n) is 4.64. The summed E-state index contributed by atoms with van der Waals surface area (Å²) in [5.74, 6) is 0.208. The SMILES string of the molecule is O=C(c1ccc(Cl)cc1)c1ccc(OC(=O)N(c2ccccc2)c2ccccc2)cc1. The number of ketones is 1. The fourth-order valence-electron chi connectivity index (χ4n) is 3.10. The predicted molar refractivity (Wildman–Crippen MR) is 122 cm³/mol. The lowest BCUT2D eigenvalue weighted by Crippen LogP contribution is -2.29. The highest BCUT2D eigenvalue weighted by molar-refractivity contribution is 6.30. The van der Waals surface area contributed by atoms with E-state index in [1.807, 2.05) is 60.7 Å². The monoisotopic (exact) mass is 427 g/mol. The van der Waals surface area contributed by atoms with Crippen molar-refractivity contribution in [2.45, 2.75) is 0 Å². The van der Waals surface area contributed by atoms with E-state index >= 15 is 0 Å². The second-order valence-electron chi connectivity index (χ2n) is 6.73. The van der Waals surface area contributed by atoms with Gasteiger partial charge in [-0.1, -0.05) is 48.0 Å². The third-order valence-corrected chi connectivity index (χ3v) is 4.89. The van der Waals surface area contributed by atoms with E-state index in [1.165, 1.54) is 4.90 Å². The molecule has 0 aromatic heterocycles. The summed E-state index contributed by atoms with van der Waals surface area (Å²) in [6.45, 7) is 0. The van der Waals surface area contributed by atoms with E-state index < -0.39 is 6.09 Å². The molecule has 31 heavy (non-hydrogen) atoms. The minimum absolute atomic E-state index is 0.134. The lowest BCUT2D eigenvalue weighted by molar-refractivity contribution is 0.103. The summed E-state index contributed by atoms with van der Waals surface area (Å²) in [6, 6.07) is 31.7. The first kappa shape index (κ1) is 20.4. The molecule has 0 aliphatic rings. The van der Waals surface area contributed by atoms with E-state index in [0.717, 1.165) is 0 Å². The van der Waals surface area contributed by atoms with Crippen molar-refractivity contribution in [3.63, 3.8) is 0 Å².